The number of para-hydroxylation sites is 1. The van der Waals surface area contributed by atoms with Gasteiger partial charge in [0.05, 0.1) is 12.1 Å². The molecule has 4 aliphatic heterocycles. The number of aromatic nitrogens is 1. The van der Waals surface area contributed by atoms with Crippen molar-refractivity contribution in [1.29, 1.82) is 0 Å². The third-order valence-electron chi connectivity index (χ3n) is 11.9. The molecule has 0 spiro atoms. The first-order valence-corrected chi connectivity index (χ1v) is 21.0. The molecule has 1 aromatic heterocycles. The lowest BCUT2D eigenvalue weighted by Gasteiger charge is -2.38. The van der Waals surface area contributed by atoms with E-state index in [2.05, 4.69) is 27.0 Å². The first-order chi connectivity index (χ1) is 28.7. The third kappa shape index (κ3) is 11.6. The number of carbonyl (C=O) groups is 5. The van der Waals surface area contributed by atoms with Gasteiger partial charge in [0.1, 0.15) is 0 Å². The van der Waals surface area contributed by atoms with Gasteiger partial charge < -0.3 is 43.7 Å². The van der Waals surface area contributed by atoms with Gasteiger partial charge in [-0.05, 0) is 93.9 Å². The molecule has 3 aromatic rings. The van der Waals surface area contributed by atoms with E-state index in [1.165, 1.54) is 4.90 Å². The summed E-state index contributed by atoms with van der Waals surface area (Å²) in [4.78, 5) is 88.2. The number of piperidine rings is 2. The number of H-pyrrole nitrogens is 1. The molecule has 326 valence electrons. The zero-order valence-electron chi connectivity index (χ0n) is 35.6. The molecule has 7 rings (SSSR count). The van der Waals surface area contributed by atoms with E-state index >= 15 is 0 Å². The van der Waals surface area contributed by atoms with Gasteiger partial charge in [0.25, 0.3) is 11.8 Å². The zero-order chi connectivity index (χ0) is 42.9. The summed E-state index contributed by atoms with van der Waals surface area (Å²) >= 11 is 0. The first-order valence-electron chi connectivity index (χ1n) is 21.0. The molecular formula is C43H60N8O9. The predicted molar refractivity (Wildman–Crippen MR) is 225 cm³/mol. The number of oxazole rings is 1. The third-order valence-corrected chi connectivity index (χ3v) is 11.9. The molecular weight excluding hydrogens is 773 g/mol. The number of carbonyl (C=O) groups excluding carboxylic acids is 5. The monoisotopic (exact) mass is 832 g/mol. The number of rotatable bonds is 9. The smallest absolute Gasteiger partial charge is 0.417 e. The fraction of sp³-hybridized carbons (Fsp3) is 0.581. The van der Waals surface area contributed by atoms with Gasteiger partial charge in [-0.15, -0.1) is 0 Å². The Morgan fingerprint density at radius 2 is 1.60 bits per heavy atom. The Labute approximate surface area is 350 Å². The van der Waals surface area contributed by atoms with Crippen LogP contribution in [0.4, 0.5) is 15.3 Å². The molecule has 2 aromatic carbocycles. The van der Waals surface area contributed by atoms with E-state index in [4.69, 9.17) is 13.9 Å². The van der Waals surface area contributed by atoms with E-state index in [1.54, 1.807) is 30.0 Å². The maximum atomic E-state index is 13.7. The number of urea groups is 1. The molecule has 5 heterocycles. The Balaban J connectivity index is 0.000000299. The van der Waals surface area contributed by atoms with Crippen LogP contribution in [0.2, 0.25) is 0 Å². The summed E-state index contributed by atoms with van der Waals surface area (Å²) in [6, 6.07) is 11.3. The van der Waals surface area contributed by atoms with Crippen molar-refractivity contribution in [1.82, 2.24) is 34.4 Å². The Kier molecular flexibility index (Phi) is 14.9. The van der Waals surface area contributed by atoms with E-state index in [9.17, 15) is 28.8 Å². The molecule has 0 radical (unpaired) electrons. The maximum Gasteiger partial charge on any atom is 0.417 e. The summed E-state index contributed by atoms with van der Waals surface area (Å²) in [5.41, 5.74) is 4.51. The lowest BCUT2D eigenvalue weighted by atomic mass is 9.99. The number of likely N-dealkylation sites (tertiary alicyclic amines) is 2. The molecule has 0 aliphatic carbocycles. The number of ether oxygens (including phenoxy) is 2. The lowest BCUT2D eigenvalue weighted by molar-refractivity contribution is -0.152. The lowest BCUT2D eigenvalue weighted by Crippen LogP contribution is -2.53. The number of benzene rings is 2. The summed E-state index contributed by atoms with van der Waals surface area (Å²) in [6.07, 6.45) is 2.87. The molecule has 17 nitrogen and oxygen atoms in total. The Hall–Kier alpha value is -5.42. The van der Waals surface area contributed by atoms with Crippen LogP contribution in [-0.4, -0.2) is 170 Å². The molecule has 0 saturated carbocycles. The van der Waals surface area contributed by atoms with Crippen LogP contribution in [-0.2, 0) is 36.7 Å². The van der Waals surface area contributed by atoms with E-state index in [-0.39, 0.29) is 42.9 Å². The van der Waals surface area contributed by atoms with Crippen LogP contribution in [0.1, 0.15) is 49.3 Å². The molecule has 60 heavy (non-hydrogen) atoms. The highest BCUT2D eigenvalue weighted by molar-refractivity contribution is 5.91. The SMILES string of the molecule is CC1CCN(CC(=O)OCC(=O)N(C)C)CC1.Cc1cc(C[C@@H](OC(=O)N2CCC(N3CCc4ccccc4NC3=O)CC2)C(=O)N2CCN(C)CC2)cc2oc(=O)[nH]c12. The Bertz CT molecular complexity index is 2040. The van der Waals surface area contributed by atoms with Crippen molar-refractivity contribution in [3.05, 3.63) is 63.6 Å². The summed E-state index contributed by atoms with van der Waals surface area (Å²) in [5, 5.41) is 3.03. The number of anilines is 1. The van der Waals surface area contributed by atoms with Crippen LogP contribution >= 0.6 is 0 Å². The van der Waals surface area contributed by atoms with E-state index < -0.39 is 18.0 Å². The molecule has 0 bridgehead atoms. The maximum absolute atomic E-state index is 13.7. The van der Waals surface area contributed by atoms with E-state index in [0.29, 0.717) is 63.2 Å². The van der Waals surface area contributed by atoms with Gasteiger partial charge >= 0.3 is 23.8 Å². The minimum Gasteiger partial charge on any atom is -0.455 e. The van der Waals surface area contributed by atoms with Crippen LogP contribution in [0.3, 0.4) is 0 Å². The standard InChI is InChI=1S/C31H38N6O6.C12H22N2O3/c1-20-17-21(18-25-27(20)33-30(40)42-25)19-26(28(38)35-15-13-34(2)14-16-35)43-31(41)36-10-8-23(9-11-36)37-12-7-22-5-3-4-6-24(22)32-29(37)39;1-10-4-6-14(7-5-10)8-12(16)17-9-11(15)13(2)3/h3-6,17-18,23,26H,7-16,19H2,1-2H3,(H,32,39)(H,33,40);10H,4-9H2,1-3H3/t26-;/m1./s1. The number of likely N-dealkylation sites (N-methyl/N-ethyl adjacent to an activating group) is 2. The van der Waals surface area contributed by atoms with Crippen molar-refractivity contribution in [3.8, 4) is 0 Å². The normalized spacial score (nSPS) is 18.8. The van der Waals surface area contributed by atoms with Gasteiger partial charge in [-0.25, -0.2) is 14.4 Å². The summed E-state index contributed by atoms with van der Waals surface area (Å²) < 4.78 is 16.1. The van der Waals surface area contributed by atoms with Gasteiger partial charge in [-0.2, -0.15) is 0 Å². The second-order valence-electron chi connectivity index (χ2n) is 16.7. The highest BCUT2D eigenvalue weighted by Crippen LogP contribution is 2.26. The topological polar surface area (TPSA) is 181 Å². The Morgan fingerprint density at radius 1 is 0.900 bits per heavy atom. The van der Waals surface area contributed by atoms with Crippen molar-refractivity contribution >= 4 is 46.7 Å². The highest BCUT2D eigenvalue weighted by atomic mass is 16.6. The quantitative estimate of drug-likeness (QED) is 0.303. The second-order valence-corrected chi connectivity index (χ2v) is 16.7. The molecule has 17 heteroatoms. The highest BCUT2D eigenvalue weighted by Gasteiger charge is 2.35. The summed E-state index contributed by atoms with van der Waals surface area (Å²) in [7, 11) is 5.30. The number of amides is 5. The molecule has 0 unspecified atom stereocenters. The fourth-order valence-electron chi connectivity index (χ4n) is 8.05. The number of nitrogens with zero attached hydrogens (tertiary/aromatic N) is 6. The minimum absolute atomic E-state index is 0.00633. The van der Waals surface area contributed by atoms with Crippen LogP contribution in [0.5, 0.6) is 0 Å². The molecule has 1 atom stereocenters. The van der Waals surface area contributed by atoms with Crippen molar-refractivity contribution in [3.63, 3.8) is 0 Å². The largest absolute Gasteiger partial charge is 0.455 e. The molecule has 5 amide bonds. The minimum atomic E-state index is -1.02. The fourth-order valence-corrected chi connectivity index (χ4v) is 8.05. The van der Waals surface area contributed by atoms with Crippen LogP contribution in [0.25, 0.3) is 11.1 Å². The number of piperazine rings is 1. The number of aromatic amines is 1. The van der Waals surface area contributed by atoms with Crippen molar-refractivity contribution < 1.29 is 37.9 Å². The molecule has 3 saturated heterocycles. The Morgan fingerprint density at radius 3 is 2.30 bits per heavy atom. The molecule has 4 aliphatic rings. The molecule has 2 N–H and O–H groups in total. The van der Waals surface area contributed by atoms with Crippen molar-refractivity contribution in [2.24, 2.45) is 5.92 Å². The average molecular weight is 833 g/mol. The zero-order valence-corrected chi connectivity index (χ0v) is 35.6. The predicted octanol–water partition coefficient (Wildman–Crippen LogP) is 3.16. The second kappa shape index (κ2) is 20.2. The number of aryl methyl sites for hydroxylation is 1. The van der Waals surface area contributed by atoms with Gasteiger partial charge in [0.15, 0.2) is 18.3 Å². The van der Waals surface area contributed by atoms with E-state index in [0.717, 1.165) is 73.7 Å². The van der Waals surface area contributed by atoms with Gasteiger partial charge in [0, 0.05) is 78.1 Å². The first kappa shape index (κ1) is 44.1. The van der Waals surface area contributed by atoms with Gasteiger partial charge in [-0.3, -0.25) is 24.3 Å². The van der Waals surface area contributed by atoms with Crippen molar-refractivity contribution in [2.75, 3.05) is 98.5 Å². The van der Waals surface area contributed by atoms with Gasteiger partial charge in [-0.1, -0.05) is 31.2 Å². The van der Waals surface area contributed by atoms with E-state index in [1.807, 2.05) is 49.2 Å². The number of hydrogen-bond donors (Lipinski definition) is 2. The average Bonchev–Trinajstić information content (AvgIpc) is 3.53. The van der Waals surface area contributed by atoms with Crippen LogP contribution in [0, 0.1) is 12.8 Å². The van der Waals surface area contributed by atoms with Crippen molar-refractivity contribution in [2.45, 2.75) is 64.5 Å². The summed E-state index contributed by atoms with van der Waals surface area (Å²) in [6.45, 7) is 10.2. The van der Waals surface area contributed by atoms with Gasteiger partial charge in [0.2, 0.25) is 0 Å². The van der Waals surface area contributed by atoms with Crippen LogP contribution < -0.4 is 11.1 Å². The number of nitrogens with one attached hydrogen (secondary N) is 2. The number of hydrogen-bond acceptors (Lipinski definition) is 11. The number of esters is 1. The molecule has 3 fully saturated rings. The van der Waals surface area contributed by atoms with Crippen LogP contribution in [0.15, 0.2) is 45.6 Å². The number of fused-ring (bicyclic) bond motifs is 2. The summed E-state index contributed by atoms with van der Waals surface area (Å²) in [5.74, 6) is -0.527.